The zero-order valence-electron chi connectivity index (χ0n) is 13.8. The summed E-state index contributed by atoms with van der Waals surface area (Å²) in [6.45, 7) is 1.94. The lowest BCUT2D eigenvalue weighted by atomic mass is 10.0. The predicted octanol–water partition coefficient (Wildman–Crippen LogP) is 4.41. The van der Waals surface area contributed by atoms with Crippen LogP contribution in [0.3, 0.4) is 0 Å². The molecule has 0 aliphatic heterocycles. The number of fused-ring (bicyclic) bond motifs is 1. The Morgan fingerprint density at radius 1 is 1.08 bits per heavy atom. The maximum absolute atomic E-state index is 13.2. The highest BCUT2D eigenvalue weighted by Gasteiger charge is 2.22. The minimum atomic E-state index is -3.79. The van der Waals surface area contributed by atoms with E-state index in [-0.39, 0.29) is 4.90 Å². The molecule has 4 rings (SSSR count). The molecule has 0 amide bonds. The van der Waals surface area contributed by atoms with E-state index in [1.54, 1.807) is 42.9 Å². The molecule has 7 heteroatoms. The molecule has 0 radical (unpaired) electrons. The average molecular weight is 428 g/mol. The fourth-order valence-corrected chi connectivity index (χ4v) is 4.85. The van der Waals surface area contributed by atoms with Gasteiger partial charge in [-0.1, -0.05) is 22.0 Å². The van der Waals surface area contributed by atoms with Crippen LogP contribution in [0.5, 0.6) is 0 Å². The Balaban J connectivity index is 1.94. The predicted molar refractivity (Wildman–Crippen MR) is 104 cm³/mol. The van der Waals surface area contributed by atoms with Crippen LogP contribution in [0.25, 0.3) is 22.2 Å². The standard InChI is InChI=1S/C19H14BrN3O2S/c1-13-17(15-5-2-7-21-12-15)10-16(11-18(13)20)26(24,25)23-9-6-14-4-3-8-22-19(14)23/h2-12H,1H3. The van der Waals surface area contributed by atoms with Crippen molar-refractivity contribution < 1.29 is 8.42 Å². The normalized spacial score (nSPS) is 11.8. The quantitative estimate of drug-likeness (QED) is 0.485. The molecule has 0 fully saturated rings. The molecule has 0 aliphatic rings. The number of rotatable bonds is 3. The van der Waals surface area contributed by atoms with Gasteiger partial charge in [0.25, 0.3) is 10.0 Å². The molecule has 0 saturated heterocycles. The highest BCUT2D eigenvalue weighted by molar-refractivity contribution is 9.10. The van der Waals surface area contributed by atoms with E-state index in [0.717, 1.165) is 26.5 Å². The Morgan fingerprint density at radius 2 is 1.88 bits per heavy atom. The number of pyridine rings is 2. The van der Waals surface area contributed by atoms with Crippen LogP contribution in [0.1, 0.15) is 5.56 Å². The fourth-order valence-electron chi connectivity index (χ4n) is 2.87. The minimum absolute atomic E-state index is 0.192. The zero-order chi connectivity index (χ0) is 18.3. The maximum atomic E-state index is 13.2. The molecule has 130 valence electrons. The molecule has 1 aromatic carbocycles. The first-order chi connectivity index (χ1) is 12.5. The fraction of sp³-hybridized carbons (Fsp3) is 0.0526. The summed E-state index contributed by atoms with van der Waals surface area (Å²) >= 11 is 3.49. The maximum Gasteiger partial charge on any atom is 0.269 e. The third-order valence-electron chi connectivity index (χ3n) is 4.26. The van der Waals surface area contributed by atoms with Gasteiger partial charge in [-0.05, 0) is 54.4 Å². The van der Waals surface area contributed by atoms with Crippen LogP contribution >= 0.6 is 15.9 Å². The van der Waals surface area contributed by atoms with E-state index in [0.29, 0.717) is 5.65 Å². The Bertz CT molecular complexity index is 1220. The van der Waals surface area contributed by atoms with Crippen LogP contribution in [0.2, 0.25) is 0 Å². The van der Waals surface area contributed by atoms with E-state index < -0.39 is 10.0 Å². The Kier molecular flexibility index (Phi) is 4.13. The van der Waals surface area contributed by atoms with Crippen molar-refractivity contribution in [1.29, 1.82) is 0 Å². The van der Waals surface area contributed by atoms with Gasteiger partial charge in [0, 0.05) is 40.2 Å². The smallest absolute Gasteiger partial charge is 0.264 e. The molecule has 0 unspecified atom stereocenters. The van der Waals surface area contributed by atoms with E-state index in [1.165, 1.54) is 10.2 Å². The summed E-state index contributed by atoms with van der Waals surface area (Å²) in [5, 5.41) is 0.773. The van der Waals surface area contributed by atoms with Crippen LogP contribution < -0.4 is 0 Å². The summed E-state index contributed by atoms with van der Waals surface area (Å²) in [7, 11) is -3.79. The first-order valence-electron chi connectivity index (χ1n) is 7.87. The summed E-state index contributed by atoms with van der Waals surface area (Å²) < 4.78 is 28.4. The van der Waals surface area contributed by atoms with Crippen LogP contribution in [0.15, 0.2) is 76.6 Å². The summed E-state index contributed by atoms with van der Waals surface area (Å²) in [6.07, 6.45) is 6.52. The largest absolute Gasteiger partial charge is 0.269 e. The highest BCUT2D eigenvalue weighted by atomic mass is 79.9. The second-order valence-corrected chi connectivity index (χ2v) is 8.52. The number of nitrogens with zero attached hydrogens (tertiary/aromatic N) is 3. The van der Waals surface area contributed by atoms with Gasteiger partial charge in [0.1, 0.15) is 0 Å². The van der Waals surface area contributed by atoms with Crippen molar-refractivity contribution in [1.82, 2.24) is 13.9 Å². The van der Waals surface area contributed by atoms with E-state index in [2.05, 4.69) is 25.9 Å². The van der Waals surface area contributed by atoms with Gasteiger partial charge in [-0.2, -0.15) is 0 Å². The van der Waals surface area contributed by atoms with Crippen LogP contribution in [-0.4, -0.2) is 22.4 Å². The topological polar surface area (TPSA) is 64.8 Å². The van der Waals surface area contributed by atoms with E-state index in [9.17, 15) is 8.42 Å². The number of hydrogen-bond donors (Lipinski definition) is 0. The van der Waals surface area contributed by atoms with Gasteiger partial charge in [0.2, 0.25) is 0 Å². The number of aromatic nitrogens is 3. The first kappa shape index (κ1) is 16.9. The second-order valence-electron chi connectivity index (χ2n) is 5.85. The lowest BCUT2D eigenvalue weighted by Crippen LogP contribution is -2.13. The molecular formula is C19H14BrN3O2S. The van der Waals surface area contributed by atoms with Crippen molar-refractivity contribution in [3.8, 4) is 11.1 Å². The summed E-state index contributed by atoms with van der Waals surface area (Å²) in [5.41, 5.74) is 3.04. The molecule has 0 spiro atoms. The Morgan fingerprint density at radius 3 is 2.65 bits per heavy atom. The van der Waals surface area contributed by atoms with Gasteiger partial charge in [-0.3, -0.25) is 4.98 Å². The third kappa shape index (κ3) is 2.73. The SMILES string of the molecule is Cc1c(Br)cc(S(=O)(=O)n2ccc3cccnc32)cc1-c1cccnc1. The minimum Gasteiger partial charge on any atom is -0.264 e. The number of hydrogen-bond acceptors (Lipinski definition) is 4. The van der Waals surface area contributed by atoms with Crippen molar-refractivity contribution in [3.05, 3.63) is 77.3 Å². The molecule has 0 N–H and O–H groups in total. The van der Waals surface area contributed by atoms with Gasteiger partial charge in [0.15, 0.2) is 5.65 Å². The molecule has 3 aromatic heterocycles. The molecule has 0 saturated carbocycles. The van der Waals surface area contributed by atoms with Gasteiger partial charge >= 0.3 is 0 Å². The van der Waals surface area contributed by atoms with Crippen molar-refractivity contribution >= 4 is 37.0 Å². The van der Waals surface area contributed by atoms with Crippen LogP contribution in [-0.2, 0) is 10.0 Å². The third-order valence-corrected chi connectivity index (χ3v) is 6.73. The molecular weight excluding hydrogens is 414 g/mol. The van der Waals surface area contributed by atoms with Crippen molar-refractivity contribution in [2.24, 2.45) is 0 Å². The monoisotopic (exact) mass is 427 g/mol. The van der Waals surface area contributed by atoms with Crippen LogP contribution in [0, 0.1) is 6.92 Å². The van der Waals surface area contributed by atoms with Gasteiger partial charge in [-0.25, -0.2) is 17.4 Å². The lowest BCUT2D eigenvalue weighted by Gasteiger charge is -2.13. The van der Waals surface area contributed by atoms with Crippen molar-refractivity contribution in [3.63, 3.8) is 0 Å². The second kappa shape index (κ2) is 6.34. The zero-order valence-corrected chi connectivity index (χ0v) is 16.2. The number of halogens is 1. The van der Waals surface area contributed by atoms with Crippen LogP contribution in [0.4, 0.5) is 0 Å². The molecule has 0 aliphatic carbocycles. The molecule has 26 heavy (non-hydrogen) atoms. The summed E-state index contributed by atoms with van der Waals surface area (Å²) in [5.74, 6) is 0. The van der Waals surface area contributed by atoms with Gasteiger partial charge < -0.3 is 0 Å². The average Bonchev–Trinajstić information content (AvgIpc) is 3.09. The molecule has 4 aromatic rings. The van der Waals surface area contributed by atoms with Gasteiger partial charge in [0.05, 0.1) is 4.90 Å². The molecule has 3 heterocycles. The summed E-state index contributed by atoms with van der Waals surface area (Å²) in [6, 6.07) is 12.4. The van der Waals surface area contributed by atoms with Gasteiger partial charge in [-0.15, -0.1) is 0 Å². The first-order valence-corrected chi connectivity index (χ1v) is 10.1. The molecule has 0 bridgehead atoms. The van der Waals surface area contributed by atoms with E-state index in [1.807, 2.05) is 25.1 Å². The number of benzene rings is 1. The van der Waals surface area contributed by atoms with E-state index in [4.69, 9.17) is 0 Å². The molecule has 0 atom stereocenters. The molecule has 5 nitrogen and oxygen atoms in total. The highest BCUT2D eigenvalue weighted by Crippen LogP contribution is 2.33. The van der Waals surface area contributed by atoms with E-state index >= 15 is 0 Å². The lowest BCUT2D eigenvalue weighted by molar-refractivity contribution is 0.588. The summed E-state index contributed by atoms with van der Waals surface area (Å²) in [4.78, 5) is 8.54. The Labute approximate surface area is 159 Å². The Hall–Kier alpha value is -2.51. The van der Waals surface area contributed by atoms with Crippen molar-refractivity contribution in [2.75, 3.05) is 0 Å². The van der Waals surface area contributed by atoms with Crippen molar-refractivity contribution in [2.45, 2.75) is 11.8 Å².